The molecule has 8 nitrogen and oxygen atoms in total. The molecule has 2 aromatic rings. The van der Waals surface area contributed by atoms with Gasteiger partial charge in [0.05, 0.1) is 14.2 Å². The quantitative estimate of drug-likeness (QED) is 0.502. The topological polar surface area (TPSA) is 100 Å². The van der Waals surface area contributed by atoms with E-state index in [0.29, 0.717) is 6.29 Å². The van der Waals surface area contributed by atoms with Crippen molar-refractivity contribution in [2.45, 2.75) is 6.61 Å². The molecule has 2 rings (SSSR count). The normalized spacial score (nSPS) is 10.2. The highest BCUT2D eigenvalue weighted by atomic mass is 19.3. The molecular weight excluding hydrogens is 392 g/mol. The van der Waals surface area contributed by atoms with Gasteiger partial charge >= 0.3 is 12.6 Å². The van der Waals surface area contributed by atoms with Crippen LogP contribution in [-0.4, -0.2) is 45.6 Å². The SMILES string of the molecule is COc1ccc(C=O)c(C(=O)OCC(=O)Nc2ccc(OC(F)F)cc2)c1OC. The van der Waals surface area contributed by atoms with Crippen molar-refractivity contribution in [1.82, 2.24) is 0 Å². The second-order valence-electron chi connectivity index (χ2n) is 5.41. The van der Waals surface area contributed by atoms with Crippen LogP contribution in [0.5, 0.6) is 17.2 Å². The van der Waals surface area contributed by atoms with Crippen LogP contribution in [0.3, 0.4) is 0 Å². The molecule has 29 heavy (non-hydrogen) atoms. The number of anilines is 1. The largest absolute Gasteiger partial charge is 0.493 e. The van der Waals surface area contributed by atoms with Crippen molar-refractivity contribution >= 4 is 23.9 Å². The van der Waals surface area contributed by atoms with E-state index in [-0.39, 0.29) is 34.1 Å². The third kappa shape index (κ3) is 5.64. The van der Waals surface area contributed by atoms with Gasteiger partial charge in [0.2, 0.25) is 0 Å². The molecule has 0 fully saturated rings. The second kappa shape index (κ2) is 10.0. The van der Waals surface area contributed by atoms with Gasteiger partial charge in [-0.3, -0.25) is 9.59 Å². The molecule has 0 spiro atoms. The van der Waals surface area contributed by atoms with Crippen LogP contribution in [0.15, 0.2) is 36.4 Å². The maximum atomic E-state index is 12.4. The van der Waals surface area contributed by atoms with Gasteiger partial charge in [-0.25, -0.2) is 4.79 Å². The van der Waals surface area contributed by atoms with Crippen LogP contribution < -0.4 is 19.5 Å². The molecule has 0 unspecified atom stereocenters. The first-order chi connectivity index (χ1) is 13.9. The molecule has 0 saturated carbocycles. The molecule has 0 aromatic heterocycles. The predicted molar refractivity (Wildman–Crippen MR) is 96.9 cm³/mol. The van der Waals surface area contributed by atoms with Gasteiger partial charge in [0.15, 0.2) is 24.4 Å². The highest BCUT2D eigenvalue weighted by molar-refractivity contribution is 6.03. The van der Waals surface area contributed by atoms with Gasteiger partial charge in [-0.2, -0.15) is 8.78 Å². The van der Waals surface area contributed by atoms with Gasteiger partial charge in [-0.05, 0) is 36.4 Å². The molecule has 2 aromatic carbocycles. The van der Waals surface area contributed by atoms with Crippen molar-refractivity contribution in [1.29, 1.82) is 0 Å². The van der Waals surface area contributed by atoms with Crippen LogP contribution >= 0.6 is 0 Å². The number of carbonyl (C=O) groups is 3. The summed E-state index contributed by atoms with van der Waals surface area (Å²) in [7, 11) is 2.65. The first-order valence-corrected chi connectivity index (χ1v) is 8.11. The van der Waals surface area contributed by atoms with Crippen LogP contribution in [0, 0.1) is 0 Å². The van der Waals surface area contributed by atoms with Gasteiger partial charge in [-0.1, -0.05) is 0 Å². The number of ether oxygens (including phenoxy) is 4. The lowest BCUT2D eigenvalue weighted by molar-refractivity contribution is -0.119. The van der Waals surface area contributed by atoms with Crippen LogP contribution in [0.2, 0.25) is 0 Å². The number of esters is 1. The molecule has 0 heterocycles. The number of methoxy groups -OCH3 is 2. The Morgan fingerprint density at radius 2 is 1.76 bits per heavy atom. The lowest BCUT2D eigenvalue weighted by Crippen LogP contribution is -2.22. The number of halogens is 2. The minimum absolute atomic E-state index is 0.00248. The van der Waals surface area contributed by atoms with E-state index in [0.717, 1.165) is 0 Å². The first-order valence-electron chi connectivity index (χ1n) is 8.11. The van der Waals surface area contributed by atoms with Crippen LogP contribution in [0.1, 0.15) is 20.7 Å². The van der Waals surface area contributed by atoms with Gasteiger partial charge < -0.3 is 24.3 Å². The molecule has 0 aliphatic carbocycles. The van der Waals surface area contributed by atoms with E-state index in [2.05, 4.69) is 10.1 Å². The average molecular weight is 409 g/mol. The van der Waals surface area contributed by atoms with Crippen LogP contribution in [0.4, 0.5) is 14.5 Å². The predicted octanol–water partition coefficient (Wildman–Crippen LogP) is 2.91. The molecule has 0 bridgehead atoms. The van der Waals surface area contributed by atoms with E-state index in [4.69, 9.17) is 14.2 Å². The monoisotopic (exact) mass is 409 g/mol. The van der Waals surface area contributed by atoms with Crippen molar-refractivity contribution in [3.8, 4) is 17.2 Å². The molecule has 0 atom stereocenters. The Balaban J connectivity index is 2.03. The molecular formula is C19H17F2NO7. The fourth-order valence-electron chi connectivity index (χ4n) is 2.37. The van der Waals surface area contributed by atoms with Gasteiger partial charge in [0.25, 0.3) is 5.91 Å². The van der Waals surface area contributed by atoms with E-state index in [1.807, 2.05) is 0 Å². The zero-order chi connectivity index (χ0) is 21.4. The van der Waals surface area contributed by atoms with Crippen molar-refractivity contribution in [2.24, 2.45) is 0 Å². The highest BCUT2D eigenvalue weighted by Crippen LogP contribution is 2.33. The summed E-state index contributed by atoms with van der Waals surface area (Å²) in [4.78, 5) is 35.6. The van der Waals surface area contributed by atoms with Gasteiger partial charge in [0.1, 0.15) is 11.3 Å². The van der Waals surface area contributed by atoms with Crippen molar-refractivity contribution in [3.05, 3.63) is 47.5 Å². The summed E-state index contributed by atoms with van der Waals surface area (Å²) in [6.07, 6.45) is 0.446. The number of carbonyl (C=O) groups excluding carboxylic acids is 3. The Labute approximate surface area is 164 Å². The summed E-state index contributed by atoms with van der Waals surface area (Å²) in [5.41, 5.74) is 0.103. The van der Waals surface area contributed by atoms with Gasteiger partial charge in [0, 0.05) is 11.3 Å². The summed E-state index contributed by atoms with van der Waals surface area (Å²) in [6, 6.07) is 7.97. The summed E-state index contributed by atoms with van der Waals surface area (Å²) in [5.74, 6) is -1.51. The number of rotatable bonds is 9. The highest BCUT2D eigenvalue weighted by Gasteiger charge is 2.23. The standard InChI is InChI=1S/C19H17F2NO7/c1-26-14-8-3-11(9-23)16(17(14)27-2)18(25)28-10-15(24)22-12-4-6-13(7-5-12)29-19(20)21/h3-9,19H,10H2,1-2H3,(H,22,24). The Hall–Kier alpha value is -3.69. The van der Waals surface area contributed by atoms with Gasteiger partial charge in [-0.15, -0.1) is 0 Å². The molecule has 10 heteroatoms. The van der Waals surface area contributed by atoms with E-state index >= 15 is 0 Å². The Kier molecular flexibility index (Phi) is 7.47. The van der Waals surface area contributed by atoms with E-state index in [1.165, 1.54) is 50.6 Å². The molecule has 0 radical (unpaired) electrons. The van der Waals surface area contributed by atoms with Crippen molar-refractivity contribution < 1.29 is 42.1 Å². The number of hydrogen-bond acceptors (Lipinski definition) is 7. The molecule has 1 amide bonds. The molecule has 1 N–H and O–H groups in total. The summed E-state index contributed by atoms with van der Waals surface area (Å²) >= 11 is 0. The number of amides is 1. The summed E-state index contributed by atoms with van der Waals surface area (Å²) in [5, 5.41) is 2.42. The second-order valence-corrected chi connectivity index (χ2v) is 5.41. The van der Waals surface area contributed by atoms with E-state index in [9.17, 15) is 23.2 Å². The maximum absolute atomic E-state index is 12.4. The average Bonchev–Trinajstić information content (AvgIpc) is 2.71. The minimum atomic E-state index is -2.96. The number of hydrogen-bond donors (Lipinski definition) is 1. The zero-order valence-corrected chi connectivity index (χ0v) is 15.4. The van der Waals surface area contributed by atoms with Crippen LogP contribution in [-0.2, 0) is 9.53 Å². The summed E-state index contributed by atoms with van der Waals surface area (Å²) in [6.45, 7) is -3.62. The Morgan fingerprint density at radius 1 is 1.07 bits per heavy atom. The summed E-state index contributed by atoms with van der Waals surface area (Å²) < 4.78 is 43.6. The minimum Gasteiger partial charge on any atom is -0.493 e. The molecule has 0 aliphatic rings. The number of alkyl halides is 2. The first kappa shape index (κ1) is 21.6. The molecule has 0 saturated heterocycles. The maximum Gasteiger partial charge on any atom is 0.387 e. The van der Waals surface area contributed by atoms with Crippen LogP contribution in [0.25, 0.3) is 0 Å². The van der Waals surface area contributed by atoms with Crippen molar-refractivity contribution in [2.75, 3.05) is 26.1 Å². The van der Waals surface area contributed by atoms with E-state index < -0.39 is 25.1 Å². The zero-order valence-electron chi connectivity index (χ0n) is 15.4. The number of benzene rings is 2. The smallest absolute Gasteiger partial charge is 0.387 e. The lowest BCUT2D eigenvalue weighted by atomic mass is 10.1. The van der Waals surface area contributed by atoms with Crippen molar-refractivity contribution in [3.63, 3.8) is 0 Å². The Morgan fingerprint density at radius 3 is 2.31 bits per heavy atom. The Bertz CT molecular complexity index is 885. The third-order valence-corrected chi connectivity index (χ3v) is 3.61. The number of nitrogens with one attached hydrogen (secondary N) is 1. The lowest BCUT2D eigenvalue weighted by Gasteiger charge is -2.14. The molecule has 0 aliphatic heterocycles. The fraction of sp³-hybridized carbons (Fsp3) is 0.211. The third-order valence-electron chi connectivity index (χ3n) is 3.61. The fourth-order valence-corrected chi connectivity index (χ4v) is 2.37. The van der Waals surface area contributed by atoms with E-state index in [1.54, 1.807) is 0 Å². The molecule has 154 valence electrons. The number of aldehydes is 1.